The minimum Gasteiger partial charge on any atom is -0.396 e. The van der Waals surface area contributed by atoms with E-state index in [4.69, 9.17) is 5.11 Å². The Labute approximate surface area is 99.5 Å². The van der Waals surface area contributed by atoms with Crippen molar-refractivity contribution in [1.29, 1.82) is 0 Å². The van der Waals surface area contributed by atoms with Gasteiger partial charge in [0.15, 0.2) is 0 Å². The van der Waals surface area contributed by atoms with Crippen LogP contribution in [0.1, 0.15) is 47.5 Å². The molecular formula is C13H28O3. The molecule has 0 aliphatic carbocycles. The lowest BCUT2D eigenvalue weighted by Crippen LogP contribution is -2.38. The minimum absolute atomic E-state index is 0.0120. The third kappa shape index (κ3) is 4.81. The second-order valence-electron chi connectivity index (χ2n) is 6.43. The molecule has 98 valence electrons. The molecule has 0 bridgehead atoms. The molecule has 2 unspecified atom stereocenters. The van der Waals surface area contributed by atoms with Gasteiger partial charge in [0.05, 0.1) is 12.7 Å². The number of rotatable bonds is 7. The fraction of sp³-hybridized carbons (Fsp3) is 1.00. The molecule has 3 N–H and O–H groups in total. The van der Waals surface area contributed by atoms with E-state index in [9.17, 15) is 10.2 Å². The van der Waals surface area contributed by atoms with Gasteiger partial charge in [0.25, 0.3) is 0 Å². The molecule has 0 radical (unpaired) electrons. The second kappa shape index (κ2) is 5.99. The number of hydrogen-bond donors (Lipinski definition) is 3. The summed E-state index contributed by atoms with van der Waals surface area (Å²) in [6.45, 7) is 9.92. The van der Waals surface area contributed by atoms with Gasteiger partial charge in [0.1, 0.15) is 0 Å². The van der Waals surface area contributed by atoms with Crippen LogP contribution in [0.2, 0.25) is 0 Å². The van der Waals surface area contributed by atoms with Gasteiger partial charge >= 0.3 is 0 Å². The molecule has 0 spiro atoms. The Bertz CT molecular complexity index is 199. The van der Waals surface area contributed by atoms with E-state index in [1.807, 2.05) is 34.6 Å². The van der Waals surface area contributed by atoms with Crippen LogP contribution >= 0.6 is 0 Å². The molecule has 16 heavy (non-hydrogen) atoms. The number of aliphatic hydroxyl groups excluding tert-OH is 3. The lowest BCUT2D eigenvalue weighted by Gasteiger charge is -2.34. The summed E-state index contributed by atoms with van der Waals surface area (Å²) in [7, 11) is 0. The SMILES string of the molecule is CC(CCC(C)(C)CO)C(O)C(C)(C)CO. The Balaban J connectivity index is 4.22. The van der Waals surface area contributed by atoms with Gasteiger partial charge in [-0.25, -0.2) is 0 Å². The zero-order valence-corrected chi connectivity index (χ0v) is 11.3. The molecule has 0 amide bonds. The summed E-state index contributed by atoms with van der Waals surface area (Å²) in [5, 5.41) is 28.4. The smallest absolute Gasteiger partial charge is 0.0638 e. The molecule has 3 heteroatoms. The van der Waals surface area contributed by atoms with Gasteiger partial charge in [-0.1, -0.05) is 34.6 Å². The van der Waals surface area contributed by atoms with Crippen LogP contribution in [0.3, 0.4) is 0 Å². The van der Waals surface area contributed by atoms with Gasteiger partial charge < -0.3 is 15.3 Å². The third-order valence-corrected chi connectivity index (χ3v) is 3.45. The fourth-order valence-electron chi connectivity index (χ4n) is 1.72. The van der Waals surface area contributed by atoms with Crippen LogP contribution in [0.4, 0.5) is 0 Å². The second-order valence-corrected chi connectivity index (χ2v) is 6.43. The van der Waals surface area contributed by atoms with E-state index in [-0.39, 0.29) is 24.5 Å². The first-order valence-corrected chi connectivity index (χ1v) is 6.06. The van der Waals surface area contributed by atoms with Crippen molar-refractivity contribution < 1.29 is 15.3 Å². The van der Waals surface area contributed by atoms with Crippen LogP contribution in [0.25, 0.3) is 0 Å². The summed E-state index contributed by atoms with van der Waals surface area (Å²) in [6.07, 6.45) is 1.23. The van der Waals surface area contributed by atoms with Crippen molar-refractivity contribution in [3.8, 4) is 0 Å². The average Bonchev–Trinajstić information content (AvgIpc) is 2.24. The van der Waals surface area contributed by atoms with E-state index in [1.165, 1.54) is 0 Å². The highest BCUT2D eigenvalue weighted by atomic mass is 16.3. The van der Waals surface area contributed by atoms with Gasteiger partial charge in [-0.15, -0.1) is 0 Å². The van der Waals surface area contributed by atoms with Crippen LogP contribution in [0, 0.1) is 16.7 Å². The molecule has 0 saturated heterocycles. The monoisotopic (exact) mass is 232 g/mol. The van der Waals surface area contributed by atoms with Crippen LogP contribution < -0.4 is 0 Å². The Kier molecular flexibility index (Phi) is 5.94. The van der Waals surface area contributed by atoms with Crippen molar-refractivity contribution in [2.75, 3.05) is 13.2 Å². The summed E-state index contributed by atoms with van der Waals surface area (Å²) in [5.74, 6) is 0.132. The minimum atomic E-state index is -0.507. The highest BCUT2D eigenvalue weighted by molar-refractivity contribution is 4.82. The maximum absolute atomic E-state index is 10.1. The van der Waals surface area contributed by atoms with E-state index in [2.05, 4.69) is 0 Å². The molecule has 0 aromatic rings. The number of hydrogen-bond acceptors (Lipinski definition) is 3. The molecule has 0 heterocycles. The molecule has 0 rings (SSSR count). The van der Waals surface area contributed by atoms with Crippen LogP contribution in [-0.2, 0) is 0 Å². The van der Waals surface area contributed by atoms with Crippen LogP contribution in [-0.4, -0.2) is 34.6 Å². The predicted molar refractivity (Wildman–Crippen MR) is 66.1 cm³/mol. The quantitative estimate of drug-likeness (QED) is 0.627. The summed E-state index contributed by atoms with van der Waals surface area (Å²) in [5.41, 5.74) is -0.542. The largest absolute Gasteiger partial charge is 0.396 e. The molecule has 0 aliphatic heterocycles. The first-order chi connectivity index (χ1) is 7.16. The van der Waals surface area contributed by atoms with E-state index >= 15 is 0 Å². The van der Waals surface area contributed by atoms with Crippen LogP contribution in [0.5, 0.6) is 0 Å². The van der Waals surface area contributed by atoms with Crippen molar-refractivity contribution in [3.05, 3.63) is 0 Å². The standard InChI is InChI=1S/C13H28O3/c1-10(6-7-12(2,3)8-14)11(16)13(4,5)9-15/h10-11,14-16H,6-9H2,1-5H3. The van der Waals surface area contributed by atoms with E-state index in [0.717, 1.165) is 12.8 Å². The van der Waals surface area contributed by atoms with E-state index < -0.39 is 11.5 Å². The fourth-order valence-corrected chi connectivity index (χ4v) is 1.72. The van der Waals surface area contributed by atoms with Gasteiger partial charge in [-0.05, 0) is 24.2 Å². The summed E-state index contributed by atoms with van der Waals surface area (Å²) in [6, 6.07) is 0. The zero-order valence-electron chi connectivity index (χ0n) is 11.3. The van der Waals surface area contributed by atoms with Crippen molar-refractivity contribution in [1.82, 2.24) is 0 Å². The normalized spacial score (nSPS) is 17.2. The summed E-state index contributed by atoms with van der Waals surface area (Å²) >= 11 is 0. The highest BCUT2D eigenvalue weighted by Gasteiger charge is 2.32. The van der Waals surface area contributed by atoms with Gasteiger partial charge in [0, 0.05) is 12.0 Å². The molecule has 0 aromatic heterocycles. The maximum Gasteiger partial charge on any atom is 0.0638 e. The van der Waals surface area contributed by atoms with E-state index in [0.29, 0.717) is 0 Å². The Morgan fingerprint density at radius 2 is 1.50 bits per heavy atom. The van der Waals surface area contributed by atoms with Crippen LogP contribution in [0.15, 0.2) is 0 Å². The molecule has 3 nitrogen and oxygen atoms in total. The van der Waals surface area contributed by atoms with Crippen molar-refractivity contribution in [2.24, 2.45) is 16.7 Å². The molecular weight excluding hydrogens is 204 g/mol. The molecule has 2 atom stereocenters. The Hall–Kier alpha value is -0.120. The molecule has 0 saturated carbocycles. The predicted octanol–water partition coefficient (Wildman–Crippen LogP) is 1.80. The average molecular weight is 232 g/mol. The lowest BCUT2D eigenvalue weighted by molar-refractivity contribution is -0.0306. The van der Waals surface area contributed by atoms with E-state index in [1.54, 1.807) is 0 Å². The Morgan fingerprint density at radius 3 is 1.88 bits per heavy atom. The summed E-state index contributed by atoms with van der Waals surface area (Å²) in [4.78, 5) is 0. The zero-order chi connectivity index (χ0) is 13.0. The van der Waals surface area contributed by atoms with Gasteiger partial charge in [-0.2, -0.15) is 0 Å². The lowest BCUT2D eigenvalue weighted by atomic mass is 9.77. The third-order valence-electron chi connectivity index (χ3n) is 3.45. The molecule has 0 aliphatic rings. The first kappa shape index (κ1) is 15.9. The maximum atomic E-state index is 10.1. The highest BCUT2D eigenvalue weighted by Crippen LogP contribution is 2.31. The van der Waals surface area contributed by atoms with Crippen molar-refractivity contribution >= 4 is 0 Å². The van der Waals surface area contributed by atoms with Crippen molar-refractivity contribution in [2.45, 2.75) is 53.6 Å². The topological polar surface area (TPSA) is 60.7 Å². The summed E-state index contributed by atoms with van der Waals surface area (Å²) < 4.78 is 0. The van der Waals surface area contributed by atoms with Gasteiger partial charge in [0.2, 0.25) is 0 Å². The Morgan fingerprint density at radius 1 is 1.00 bits per heavy atom. The van der Waals surface area contributed by atoms with Gasteiger partial charge in [-0.3, -0.25) is 0 Å². The van der Waals surface area contributed by atoms with Crippen molar-refractivity contribution in [3.63, 3.8) is 0 Å². The number of aliphatic hydroxyl groups is 3. The molecule has 0 fully saturated rings. The first-order valence-electron chi connectivity index (χ1n) is 6.06. The molecule has 0 aromatic carbocycles.